The zero-order valence-corrected chi connectivity index (χ0v) is 26.7. The molecule has 226 valence electrons. The molecule has 0 atom stereocenters. The highest BCUT2D eigenvalue weighted by Gasteiger charge is 2.21. The maximum atomic E-state index is 6.67. The van der Waals surface area contributed by atoms with Gasteiger partial charge in [0.15, 0.2) is 5.58 Å². The van der Waals surface area contributed by atoms with Gasteiger partial charge in [0.05, 0.1) is 10.6 Å². The first-order valence-electron chi connectivity index (χ1n) is 16.1. The third-order valence-electron chi connectivity index (χ3n) is 9.21. The summed E-state index contributed by atoms with van der Waals surface area (Å²) in [7, 11) is 0. The van der Waals surface area contributed by atoms with Crippen LogP contribution in [0, 0.1) is 0 Å². The van der Waals surface area contributed by atoms with Crippen molar-refractivity contribution in [2.24, 2.45) is 0 Å². The molecule has 0 unspecified atom stereocenters. The van der Waals surface area contributed by atoms with Crippen LogP contribution in [-0.2, 0) is 0 Å². The Morgan fingerprint density at radius 2 is 0.854 bits per heavy atom. The second-order valence-electron chi connectivity index (χ2n) is 12.0. The van der Waals surface area contributed by atoms with Crippen LogP contribution in [0.3, 0.4) is 0 Å². The Hall–Kier alpha value is -5.96. The molecule has 0 fully saturated rings. The first-order chi connectivity index (χ1) is 23.7. The minimum Gasteiger partial charge on any atom is -0.436 e. The van der Waals surface area contributed by atoms with Gasteiger partial charge in [0, 0.05) is 5.56 Å². The van der Waals surface area contributed by atoms with E-state index in [2.05, 4.69) is 146 Å². The Balaban J connectivity index is 1.33. The molecule has 2 nitrogen and oxygen atoms in total. The largest absolute Gasteiger partial charge is 0.436 e. The van der Waals surface area contributed by atoms with Crippen LogP contribution in [0.4, 0.5) is 0 Å². The van der Waals surface area contributed by atoms with Gasteiger partial charge in [-0.1, -0.05) is 157 Å². The number of hydrogen-bond acceptors (Lipinski definition) is 2. The fourth-order valence-corrected chi connectivity index (χ4v) is 7.20. The fourth-order valence-electron chi connectivity index (χ4n) is 6.98. The van der Waals surface area contributed by atoms with Crippen molar-refractivity contribution >= 4 is 44.2 Å². The molecular weight excluding hydrogens is 606 g/mol. The molecule has 1 heterocycles. The van der Waals surface area contributed by atoms with Crippen LogP contribution < -0.4 is 0 Å². The number of halogens is 1. The molecule has 3 heteroatoms. The number of fused-ring (bicyclic) bond motifs is 3. The lowest BCUT2D eigenvalue weighted by molar-refractivity contribution is 0.620. The molecule has 0 aliphatic rings. The number of oxazole rings is 1. The van der Waals surface area contributed by atoms with Gasteiger partial charge in [-0.2, -0.15) is 0 Å². The van der Waals surface area contributed by atoms with Crippen molar-refractivity contribution in [2.75, 3.05) is 0 Å². The lowest BCUT2D eigenvalue weighted by atomic mass is 9.87. The van der Waals surface area contributed by atoms with Gasteiger partial charge in [-0.15, -0.1) is 0 Å². The molecule has 0 aliphatic heterocycles. The van der Waals surface area contributed by atoms with E-state index in [0.717, 1.165) is 44.5 Å². The van der Waals surface area contributed by atoms with E-state index in [1.165, 1.54) is 32.7 Å². The van der Waals surface area contributed by atoms with Gasteiger partial charge in [-0.3, -0.25) is 0 Å². The normalized spacial score (nSPS) is 11.4. The van der Waals surface area contributed by atoms with Gasteiger partial charge in [0.1, 0.15) is 5.52 Å². The van der Waals surface area contributed by atoms with E-state index < -0.39 is 0 Å². The summed E-state index contributed by atoms with van der Waals surface area (Å²) in [6, 6.07) is 59.4. The second kappa shape index (κ2) is 11.7. The molecule has 0 radical (unpaired) electrons. The number of rotatable bonds is 5. The molecule has 0 aliphatic carbocycles. The fraction of sp³-hybridized carbons (Fsp3) is 0. The Morgan fingerprint density at radius 1 is 0.396 bits per heavy atom. The van der Waals surface area contributed by atoms with E-state index in [4.69, 9.17) is 21.0 Å². The van der Waals surface area contributed by atoms with E-state index >= 15 is 0 Å². The molecular formula is C45H28ClNO. The van der Waals surface area contributed by atoms with Crippen molar-refractivity contribution in [3.8, 4) is 56.0 Å². The molecule has 0 amide bonds. The molecule has 0 saturated heterocycles. The third-order valence-corrected chi connectivity index (χ3v) is 9.54. The van der Waals surface area contributed by atoms with Gasteiger partial charge >= 0.3 is 0 Å². The minimum absolute atomic E-state index is 0.499. The maximum Gasteiger partial charge on any atom is 0.228 e. The highest BCUT2D eigenvalue weighted by molar-refractivity contribution is 6.33. The zero-order valence-electron chi connectivity index (χ0n) is 25.9. The van der Waals surface area contributed by atoms with Crippen molar-refractivity contribution in [3.63, 3.8) is 0 Å². The standard InChI is InChI=1S/C45H28ClNO/c46-42-26-10-9-23-40(42)45-47-44-41(39-22-8-7-21-38(39)37-25-12-16-30-14-2-4-18-33(30)37)27-31(28-43(44)48-45)34-19-5-6-20-35(34)36-24-11-15-29-13-1-3-17-32(29)36/h1-28H. The topological polar surface area (TPSA) is 26.0 Å². The number of hydrogen-bond donors (Lipinski definition) is 0. The molecule has 9 rings (SSSR count). The van der Waals surface area contributed by atoms with E-state index in [0.29, 0.717) is 16.5 Å². The summed E-state index contributed by atoms with van der Waals surface area (Å²) >= 11 is 6.67. The Labute approximate surface area is 283 Å². The van der Waals surface area contributed by atoms with Gasteiger partial charge in [0.2, 0.25) is 5.89 Å². The van der Waals surface area contributed by atoms with Crippen LogP contribution in [0.2, 0.25) is 5.02 Å². The first kappa shape index (κ1) is 28.3. The van der Waals surface area contributed by atoms with E-state index in [-0.39, 0.29) is 0 Å². The van der Waals surface area contributed by atoms with Crippen LogP contribution in [-0.4, -0.2) is 4.98 Å². The van der Waals surface area contributed by atoms with Crippen molar-refractivity contribution in [1.29, 1.82) is 0 Å². The van der Waals surface area contributed by atoms with Gasteiger partial charge < -0.3 is 4.42 Å². The second-order valence-corrected chi connectivity index (χ2v) is 12.4. The highest BCUT2D eigenvalue weighted by Crippen LogP contribution is 2.44. The molecule has 0 spiro atoms. The van der Waals surface area contributed by atoms with Crippen LogP contribution in [0.1, 0.15) is 0 Å². The average Bonchev–Trinajstić information content (AvgIpc) is 3.58. The predicted octanol–water partition coefficient (Wildman–Crippen LogP) is 13.1. The van der Waals surface area contributed by atoms with Crippen LogP contribution in [0.25, 0.3) is 88.6 Å². The van der Waals surface area contributed by atoms with Crippen LogP contribution >= 0.6 is 11.6 Å². The maximum absolute atomic E-state index is 6.67. The summed E-state index contributed by atoms with van der Waals surface area (Å²) in [5.74, 6) is 0.499. The first-order valence-corrected chi connectivity index (χ1v) is 16.5. The Morgan fingerprint density at radius 3 is 1.48 bits per heavy atom. The average molecular weight is 634 g/mol. The Bertz CT molecular complexity index is 2640. The summed E-state index contributed by atoms with van der Waals surface area (Å²) in [6.45, 7) is 0. The molecule has 0 bridgehead atoms. The number of nitrogens with zero attached hydrogens (tertiary/aromatic N) is 1. The summed E-state index contributed by atoms with van der Waals surface area (Å²) in [5.41, 5.74) is 11.2. The van der Waals surface area contributed by atoms with Crippen LogP contribution in [0.15, 0.2) is 174 Å². The molecule has 9 aromatic rings. The van der Waals surface area contributed by atoms with E-state index in [9.17, 15) is 0 Å². The summed E-state index contributed by atoms with van der Waals surface area (Å²) in [6.07, 6.45) is 0. The molecule has 0 saturated carbocycles. The quantitative estimate of drug-likeness (QED) is 0.188. The SMILES string of the molecule is Clc1ccccc1-c1nc2c(-c3ccccc3-c3cccc4ccccc34)cc(-c3ccccc3-c3cccc4ccccc34)cc2o1. The lowest BCUT2D eigenvalue weighted by Crippen LogP contribution is -1.91. The number of benzene rings is 8. The Kier molecular flexibility index (Phi) is 6.88. The molecule has 48 heavy (non-hydrogen) atoms. The number of aromatic nitrogens is 1. The van der Waals surface area contributed by atoms with E-state index in [1.54, 1.807) is 0 Å². The van der Waals surface area contributed by atoms with E-state index in [1.807, 2.05) is 24.3 Å². The van der Waals surface area contributed by atoms with Crippen molar-refractivity contribution in [1.82, 2.24) is 4.98 Å². The van der Waals surface area contributed by atoms with Crippen molar-refractivity contribution in [3.05, 3.63) is 175 Å². The van der Waals surface area contributed by atoms with Crippen LogP contribution in [0.5, 0.6) is 0 Å². The molecule has 0 N–H and O–H groups in total. The molecule has 8 aromatic carbocycles. The van der Waals surface area contributed by atoms with Gasteiger partial charge in [-0.25, -0.2) is 4.98 Å². The smallest absolute Gasteiger partial charge is 0.228 e. The monoisotopic (exact) mass is 633 g/mol. The van der Waals surface area contributed by atoms with Gasteiger partial charge in [0.25, 0.3) is 0 Å². The highest BCUT2D eigenvalue weighted by atomic mass is 35.5. The van der Waals surface area contributed by atoms with Gasteiger partial charge in [-0.05, 0) is 84.8 Å². The zero-order chi connectivity index (χ0) is 32.0. The predicted molar refractivity (Wildman–Crippen MR) is 201 cm³/mol. The van der Waals surface area contributed by atoms with Crippen molar-refractivity contribution in [2.45, 2.75) is 0 Å². The molecule has 1 aromatic heterocycles. The van der Waals surface area contributed by atoms with Crippen molar-refractivity contribution < 1.29 is 4.42 Å². The summed E-state index contributed by atoms with van der Waals surface area (Å²) in [4.78, 5) is 5.12. The minimum atomic E-state index is 0.499. The lowest BCUT2D eigenvalue weighted by Gasteiger charge is -2.16. The third kappa shape index (κ3) is 4.78. The summed E-state index contributed by atoms with van der Waals surface area (Å²) in [5, 5.41) is 5.44. The summed E-state index contributed by atoms with van der Waals surface area (Å²) < 4.78 is 6.60.